The summed E-state index contributed by atoms with van der Waals surface area (Å²) in [5.74, 6) is 0. The summed E-state index contributed by atoms with van der Waals surface area (Å²) >= 11 is 3.33. The Morgan fingerprint density at radius 2 is 2.15 bits per heavy atom. The summed E-state index contributed by atoms with van der Waals surface area (Å²) in [6, 6.07) is 0.144. The number of hydrogen-bond donors (Lipinski definition) is 1. The van der Waals surface area contributed by atoms with Crippen molar-refractivity contribution in [1.29, 1.82) is 0 Å². The monoisotopic (exact) mass is 342 g/mol. The van der Waals surface area contributed by atoms with Gasteiger partial charge in [0, 0.05) is 18.8 Å². The van der Waals surface area contributed by atoms with Crippen molar-refractivity contribution < 1.29 is 4.92 Å². The van der Waals surface area contributed by atoms with E-state index in [4.69, 9.17) is 0 Å². The highest BCUT2D eigenvalue weighted by molar-refractivity contribution is 9.10. The van der Waals surface area contributed by atoms with Gasteiger partial charge in [0.15, 0.2) is 0 Å². The fraction of sp³-hybridized carbons (Fsp3) is 0.615. The maximum Gasteiger partial charge on any atom is 0.311 e. The molecule has 1 unspecified atom stereocenters. The molecule has 1 aliphatic heterocycles. The molecular weight excluding hydrogens is 324 g/mol. The van der Waals surface area contributed by atoms with Gasteiger partial charge in [0.2, 0.25) is 0 Å². The molecule has 1 aromatic heterocycles. The highest BCUT2D eigenvalue weighted by Gasteiger charge is 2.20. The van der Waals surface area contributed by atoms with E-state index in [2.05, 4.69) is 31.1 Å². The van der Waals surface area contributed by atoms with Gasteiger partial charge in [-0.15, -0.1) is 0 Å². The van der Waals surface area contributed by atoms with Gasteiger partial charge in [0.1, 0.15) is 11.9 Å². The molecule has 2 rings (SSSR count). The molecule has 1 saturated heterocycles. The molecule has 1 atom stereocenters. The number of halogens is 1. The van der Waals surface area contributed by atoms with E-state index in [-0.39, 0.29) is 11.7 Å². The summed E-state index contributed by atoms with van der Waals surface area (Å²) in [5, 5.41) is 14.3. The summed E-state index contributed by atoms with van der Waals surface area (Å²) in [5.41, 5.74) is 0.513. The van der Waals surface area contributed by atoms with Crippen LogP contribution in [0.4, 0.5) is 11.4 Å². The van der Waals surface area contributed by atoms with Crippen molar-refractivity contribution in [2.24, 2.45) is 0 Å². The van der Waals surface area contributed by atoms with E-state index >= 15 is 0 Å². The molecule has 0 spiro atoms. The maximum absolute atomic E-state index is 11.0. The molecule has 1 fully saturated rings. The lowest BCUT2D eigenvalue weighted by atomic mass is 10.1. The molecule has 1 aliphatic rings. The van der Waals surface area contributed by atoms with Crippen molar-refractivity contribution in [3.8, 4) is 0 Å². The lowest BCUT2D eigenvalue weighted by molar-refractivity contribution is -0.384. The normalized spacial score (nSPS) is 17.7. The Morgan fingerprint density at radius 3 is 2.80 bits per heavy atom. The van der Waals surface area contributed by atoms with E-state index in [9.17, 15) is 10.1 Å². The summed E-state index contributed by atoms with van der Waals surface area (Å²) in [4.78, 5) is 16.9. The zero-order valence-electron chi connectivity index (χ0n) is 11.5. The summed E-state index contributed by atoms with van der Waals surface area (Å²) in [6.45, 7) is 5.17. The topological polar surface area (TPSA) is 71.3 Å². The Hall–Kier alpha value is -1.21. The number of hydrogen-bond acceptors (Lipinski definition) is 5. The average molecular weight is 343 g/mol. The Bertz CT molecular complexity index is 477. The van der Waals surface area contributed by atoms with Crippen molar-refractivity contribution in [3.05, 3.63) is 27.0 Å². The zero-order valence-corrected chi connectivity index (χ0v) is 13.1. The minimum Gasteiger partial charge on any atom is -0.375 e. The second-order valence-corrected chi connectivity index (χ2v) is 6.03. The molecule has 0 amide bonds. The van der Waals surface area contributed by atoms with Crippen molar-refractivity contribution in [2.75, 3.05) is 25.0 Å². The number of piperidine rings is 1. The maximum atomic E-state index is 11.0. The van der Waals surface area contributed by atoms with Gasteiger partial charge in [0.25, 0.3) is 0 Å². The third-order valence-electron chi connectivity index (χ3n) is 3.45. The van der Waals surface area contributed by atoms with Gasteiger partial charge in [-0.05, 0) is 48.8 Å². The standard InChI is InChI=1S/C13H19BrN4O2/c1-10(9-17-5-3-2-4-6-17)16-13-11(14)7-15-8-12(13)18(19)20/h7-8,10H,2-6,9H2,1H3,(H,15,16). The van der Waals surface area contributed by atoms with E-state index < -0.39 is 4.92 Å². The fourth-order valence-electron chi connectivity index (χ4n) is 2.53. The molecule has 0 saturated carbocycles. The number of rotatable bonds is 5. The van der Waals surface area contributed by atoms with E-state index in [1.807, 2.05) is 6.92 Å². The molecule has 0 radical (unpaired) electrons. The first kappa shape index (κ1) is 15.2. The number of pyridine rings is 1. The fourth-order valence-corrected chi connectivity index (χ4v) is 2.96. The highest BCUT2D eigenvalue weighted by atomic mass is 79.9. The Morgan fingerprint density at radius 1 is 1.45 bits per heavy atom. The minimum atomic E-state index is -0.409. The van der Waals surface area contributed by atoms with Gasteiger partial charge >= 0.3 is 5.69 Å². The van der Waals surface area contributed by atoms with E-state index in [0.29, 0.717) is 10.2 Å². The molecule has 7 heteroatoms. The molecule has 2 heterocycles. The number of aromatic nitrogens is 1. The van der Waals surface area contributed by atoms with Gasteiger partial charge in [0.05, 0.1) is 9.40 Å². The van der Waals surface area contributed by atoms with Crippen LogP contribution in [-0.2, 0) is 0 Å². The summed E-state index contributed by atoms with van der Waals surface area (Å²) in [7, 11) is 0. The van der Waals surface area contributed by atoms with E-state index in [1.54, 1.807) is 6.20 Å². The van der Waals surface area contributed by atoms with E-state index in [0.717, 1.165) is 19.6 Å². The predicted octanol–water partition coefficient (Wildman–Crippen LogP) is 3.04. The van der Waals surface area contributed by atoms with Crippen LogP contribution >= 0.6 is 15.9 Å². The largest absolute Gasteiger partial charge is 0.375 e. The molecule has 20 heavy (non-hydrogen) atoms. The second-order valence-electron chi connectivity index (χ2n) is 5.18. The number of nitrogens with one attached hydrogen (secondary N) is 1. The van der Waals surface area contributed by atoms with Gasteiger partial charge in [-0.2, -0.15) is 0 Å². The second kappa shape index (κ2) is 6.99. The van der Waals surface area contributed by atoms with Crippen LogP contribution in [0.3, 0.4) is 0 Å². The quantitative estimate of drug-likeness (QED) is 0.657. The van der Waals surface area contributed by atoms with Crippen LogP contribution in [0.5, 0.6) is 0 Å². The summed E-state index contributed by atoms with van der Waals surface area (Å²) in [6.07, 6.45) is 6.64. The molecule has 0 bridgehead atoms. The molecule has 0 aliphatic carbocycles. The van der Waals surface area contributed by atoms with Crippen molar-refractivity contribution in [3.63, 3.8) is 0 Å². The first-order chi connectivity index (χ1) is 9.58. The summed E-state index contributed by atoms with van der Waals surface area (Å²) < 4.78 is 0.622. The van der Waals surface area contributed by atoms with Gasteiger partial charge in [-0.3, -0.25) is 15.1 Å². The Labute approximate surface area is 126 Å². The van der Waals surface area contributed by atoms with Crippen LogP contribution < -0.4 is 5.32 Å². The first-order valence-corrected chi connectivity index (χ1v) is 7.64. The van der Waals surface area contributed by atoms with E-state index in [1.165, 1.54) is 25.5 Å². The van der Waals surface area contributed by atoms with Gasteiger partial charge in [-0.25, -0.2) is 0 Å². The van der Waals surface area contributed by atoms with Crippen LogP contribution in [0, 0.1) is 10.1 Å². The predicted molar refractivity (Wildman–Crippen MR) is 82.0 cm³/mol. The molecule has 1 N–H and O–H groups in total. The SMILES string of the molecule is CC(CN1CCCCC1)Nc1c(Br)cncc1[N+](=O)[O-]. The lowest BCUT2D eigenvalue weighted by Gasteiger charge is -2.29. The van der Waals surface area contributed by atoms with Crippen molar-refractivity contribution in [1.82, 2.24) is 9.88 Å². The van der Waals surface area contributed by atoms with Gasteiger partial charge < -0.3 is 10.2 Å². The Kier molecular flexibility index (Phi) is 5.31. The smallest absolute Gasteiger partial charge is 0.311 e. The number of anilines is 1. The van der Waals surface area contributed by atoms with Gasteiger partial charge in [-0.1, -0.05) is 6.42 Å². The van der Waals surface area contributed by atoms with Crippen molar-refractivity contribution in [2.45, 2.75) is 32.2 Å². The molecule has 110 valence electrons. The number of nitrogens with zero attached hydrogens (tertiary/aromatic N) is 3. The molecular formula is C13H19BrN4O2. The van der Waals surface area contributed by atoms with Crippen LogP contribution in [-0.4, -0.2) is 40.5 Å². The third kappa shape index (κ3) is 3.89. The Balaban J connectivity index is 2.03. The molecule has 6 nitrogen and oxygen atoms in total. The first-order valence-electron chi connectivity index (χ1n) is 6.84. The van der Waals surface area contributed by atoms with Crippen LogP contribution in [0.25, 0.3) is 0 Å². The number of likely N-dealkylation sites (tertiary alicyclic amines) is 1. The van der Waals surface area contributed by atoms with Crippen LogP contribution in [0.2, 0.25) is 0 Å². The van der Waals surface area contributed by atoms with Crippen LogP contribution in [0.1, 0.15) is 26.2 Å². The third-order valence-corrected chi connectivity index (χ3v) is 4.05. The van der Waals surface area contributed by atoms with Crippen molar-refractivity contribution >= 4 is 27.3 Å². The minimum absolute atomic E-state index is 0.00451. The lowest BCUT2D eigenvalue weighted by Crippen LogP contribution is -2.38. The van der Waals surface area contributed by atoms with Crippen LogP contribution in [0.15, 0.2) is 16.9 Å². The number of nitro groups is 1. The molecule has 0 aromatic carbocycles. The highest BCUT2D eigenvalue weighted by Crippen LogP contribution is 2.31. The molecule has 1 aromatic rings. The average Bonchev–Trinajstić information content (AvgIpc) is 2.42. The zero-order chi connectivity index (χ0) is 14.5.